The van der Waals surface area contributed by atoms with Gasteiger partial charge < -0.3 is 133 Å². The number of rotatable bonds is 0. The van der Waals surface area contributed by atoms with Gasteiger partial charge in [0.2, 0.25) is 0 Å². The van der Waals surface area contributed by atoms with E-state index in [9.17, 15) is 0 Å². The molecular formula is H38O41P12W. The van der Waals surface area contributed by atoms with Gasteiger partial charge in [-0.15, -0.1) is 0 Å². The van der Waals surface area contributed by atoms with Gasteiger partial charge >= 0.3 is 123 Å². The van der Waals surface area contributed by atoms with E-state index < -0.39 is 117 Å². The maximum absolute atomic E-state index is 8.88. The Hall–Kier alpha value is 1.97. The molecule has 0 saturated heterocycles. The van der Waals surface area contributed by atoms with Crippen molar-refractivity contribution in [3.05, 3.63) is 0 Å². The Kier molecular flexibility index (Phi) is 141. The molecule has 54 heteroatoms. The second-order valence-electron chi connectivity index (χ2n) is 3.92. The van der Waals surface area contributed by atoms with Crippen molar-refractivity contribution in [2.24, 2.45) is 0 Å². The number of hydrogen-bond acceptors (Lipinski definition) is 14. The third-order valence-corrected chi connectivity index (χ3v) is 0. The average Bonchev–Trinajstić information content (AvgIpc) is 2.67. The number of hydrogen-bond donors (Lipinski definition) is 26. The van der Waals surface area contributed by atoms with E-state index in [4.69, 9.17) is 189 Å². The van der Waals surface area contributed by atoms with Crippen LogP contribution in [0.1, 0.15) is 0 Å². The summed E-state index contributed by atoms with van der Waals surface area (Å²) in [7, 11) is -40.6. The Labute approximate surface area is 310 Å². The standard InChI is InChI=1S/2H3O4P.10H3O3P.H2O.2O.W/c2*1-5(2,3)4;10*1-4(2)3;;;;/h2*(H3,1,2,3,4);10*4H,(H2,1,2,3);1H2;;;. The molecule has 0 rings (SSSR count). The van der Waals surface area contributed by atoms with Crippen molar-refractivity contribution >= 4 is 98.2 Å². The minimum atomic E-state index is -4.64. The molecule has 350 valence electrons. The Morgan fingerprint density at radius 1 is 0.259 bits per heavy atom. The van der Waals surface area contributed by atoms with Crippen LogP contribution in [-0.2, 0) is 80.1 Å². The van der Waals surface area contributed by atoms with Crippen LogP contribution in [0, 0.1) is 0 Å². The van der Waals surface area contributed by atoms with E-state index in [0.717, 1.165) is 0 Å². The van der Waals surface area contributed by atoms with Crippen LogP contribution < -0.4 is 0 Å². The summed E-state index contributed by atoms with van der Waals surface area (Å²) >= 11 is -2.25. The topological polar surface area (TPSA) is 796 Å². The molecule has 0 radical (unpaired) electrons. The van der Waals surface area contributed by atoms with E-state index in [0.29, 0.717) is 0 Å². The molecule has 0 aliphatic carbocycles. The van der Waals surface area contributed by atoms with Crippen LogP contribution in [0.3, 0.4) is 0 Å². The first-order valence-electron chi connectivity index (χ1n) is 8.41. The van der Waals surface area contributed by atoms with E-state index in [1.54, 1.807) is 0 Å². The summed E-state index contributed by atoms with van der Waals surface area (Å²) in [5.41, 5.74) is 0. The van der Waals surface area contributed by atoms with Crippen molar-refractivity contribution in [1.29, 1.82) is 0 Å². The zero-order valence-corrected chi connectivity index (χ0v) is 38.9. The van der Waals surface area contributed by atoms with E-state index in [-0.39, 0.29) is 5.48 Å². The van der Waals surface area contributed by atoms with Gasteiger partial charge in [0.25, 0.3) is 0 Å². The summed E-state index contributed by atoms with van der Waals surface area (Å²) in [5, 5.41) is 0. The minimum absolute atomic E-state index is 0. The summed E-state index contributed by atoms with van der Waals surface area (Å²) in [6.07, 6.45) is 0. The Bertz CT molecular complexity index is 804. The fraction of sp³-hybridized carbons (Fsp3) is 0. The van der Waals surface area contributed by atoms with Gasteiger partial charge in [-0.25, -0.2) is 9.13 Å². The molecule has 0 aromatic rings. The van der Waals surface area contributed by atoms with Gasteiger partial charge in [0, 0.05) is 0 Å². The fourth-order valence-corrected chi connectivity index (χ4v) is 0. The zero-order valence-electron chi connectivity index (χ0n) is 24.1. The van der Waals surface area contributed by atoms with Gasteiger partial charge in [0.15, 0.2) is 0 Å². The molecule has 54 heavy (non-hydrogen) atoms. The quantitative estimate of drug-likeness (QED) is 0.100. The molecule has 0 atom stereocenters. The molecule has 0 saturated carbocycles. The van der Waals surface area contributed by atoms with E-state index in [1.165, 1.54) is 0 Å². The Balaban J connectivity index is -0.0000000267. The monoisotopic (exact) mass is 1250 g/mol. The Morgan fingerprint density at radius 3 is 0.259 bits per heavy atom. The molecule has 0 bridgehead atoms. The fourth-order valence-electron chi connectivity index (χ4n) is 0. The summed E-state index contributed by atoms with van der Waals surface area (Å²) in [4.78, 5) is 186. The maximum atomic E-state index is 8.88. The first-order chi connectivity index (χ1) is 22.7. The molecular weight excluding hydrogens is 1210 g/mol. The van der Waals surface area contributed by atoms with Gasteiger partial charge in [0.1, 0.15) is 0 Å². The molecule has 28 N–H and O–H groups in total. The predicted molar refractivity (Wildman–Crippen MR) is 168 cm³/mol. The Morgan fingerprint density at radius 2 is 0.259 bits per heavy atom. The number of phosphoric acid groups is 2. The molecule has 0 aromatic heterocycles. The van der Waals surface area contributed by atoms with E-state index in [2.05, 4.69) is 0 Å². The normalized spacial score (nSPS) is 8.89. The molecule has 0 amide bonds. The van der Waals surface area contributed by atoms with Crippen LogP contribution in [0.2, 0.25) is 0 Å². The third kappa shape index (κ3) is 39100. The van der Waals surface area contributed by atoms with Crippen LogP contribution in [0.15, 0.2) is 0 Å². The molecule has 0 spiro atoms. The molecule has 0 heterocycles. The molecule has 41 nitrogen and oxygen atoms in total. The first kappa shape index (κ1) is 96.0. The van der Waals surface area contributed by atoms with Crippen molar-refractivity contribution in [2.45, 2.75) is 0 Å². The van der Waals surface area contributed by atoms with Gasteiger partial charge in [0.05, 0.1) is 0 Å². The van der Waals surface area contributed by atoms with Crippen LogP contribution in [-0.4, -0.2) is 133 Å². The molecule has 0 fully saturated rings. The summed E-state index contributed by atoms with van der Waals surface area (Å²) in [6, 6.07) is 0. The second kappa shape index (κ2) is 79.2. The third-order valence-electron chi connectivity index (χ3n) is 0. The van der Waals surface area contributed by atoms with Crippen molar-refractivity contribution in [2.75, 3.05) is 0 Å². The first-order valence-corrected chi connectivity index (χ1v) is 27.0. The molecule has 0 aromatic carbocycles. The van der Waals surface area contributed by atoms with E-state index in [1.807, 2.05) is 0 Å². The SMILES string of the molecule is O.O=P(O)(O)O.O=P(O)(O)O.O=[PH](O)O.O=[PH](O)O.O=[PH](O)O.O=[PH](O)O.O=[PH](O)O.O=[PH](O)O.O=[PH](O)O.O=[PH](O)O.O=[PH](O)O.O=[PH](O)O.[O]=[W]=[O]. The summed E-state index contributed by atoms with van der Waals surface area (Å²) < 4.78 is 122. The summed E-state index contributed by atoms with van der Waals surface area (Å²) in [5.74, 6) is 0. The van der Waals surface area contributed by atoms with Crippen molar-refractivity contribution in [3.63, 3.8) is 0 Å². The van der Waals surface area contributed by atoms with Gasteiger partial charge in [-0.2, -0.15) is 0 Å². The predicted octanol–water partition coefficient (Wildman–Crippen LogP) is -9.31. The molecule has 0 aliphatic rings. The molecule has 0 aliphatic heterocycles. The van der Waals surface area contributed by atoms with Crippen LogP contribution in [0.25, 0.3) is 0 Å². The molecule has 0 unspecified atom stereocenters. The second-order valence-corrected chi connectivity index (χ2v) is 12.1. The van der Waals surface area contributed by atoms with Crippen molar-refractivity contribution in [3.8, 4) is 0 Å². The van der Waals surface area contributed by atoms with Crippen LogP contribution >= 0.6 is 98.2 Å². The van der Waals surface area contributed by atoms with Gasteiger partial charge in [-0.3, -0.25) is 45.7 Å². The average molecular weight is 1250 g/mol. The van der Waals surface area contributed by atoms with Gasteiger partial charge in [-0.1, -0.05) is 0 Å². The van der Waals surface area contributed by atoms with E-state index >= 15 is 0 Å². The van der Waals surface area contributed by atoms with Gasteiger partial charge in [-0.05, 0) is 0 Å². The van der Waals surface area contributed by atoms with Crippen LogP contribution in [0.4, 0.5) is 0 Å². The van der Waals surface area contributed by atoms with Crippen molar-refractivity contribution < 1.29 is 213 Å². The summed E-state index contributed by atoms with van der Waals surface area (Å²) in [6.45, 7) is 0. The van der Waals surface area contributed by atoms with Crippen LogP contribution in [0.5, 0.6) is 0 Å². The van der Waals surface area contributed by atoms with Crippen molar-refractivity contribution in [1.82, 2.24) is 0 Å². The zero-order chi connectivity index (χ0) is 47.5.